The molecular weight excluding hydrogens is 785 g/mol. The van der Waals surface area contributed by atoms with Gasteiger partial charge in [-0.05, 0) is 121 Å². The SMILES string of the molecule is CCCCOc1ccc(-c2ccc(C3=C4C(=O)N(CC(CC)C(N)CCC)C(c5ccc(-c6ccc(OC(N)CCC)cc6)s5)=C4C(=O)N3CC(CC)CCCC)s2)cc1. The van der Waals surface area contributed by atoms with Crippen LogP contribution in [0.1, 0.15) is 122 Å². The maximum Gasteiger partial charge on any atom is 0.261 e. The first-order chi connectivity index (χ1) is 29.1. The van der Waals surface area contributed by atoms with Crippen molar-refractivity contribution >= 4 is 45.9 Å². The molecule has 10 heteroatoms. The van der Waals surface area contributed by atoms with E-state index < -0.39 is 0 Å². The fourth-order valence-electron chi connectivity index (χ4n) is 8.31. The Morgan fingerprint density at radius 1 is 0.567 bits per heavy atom. The van der Waals surface area contributed by atoms with Gasteiger partial charge in [0.05, 0.1) is 38.9 Å². The van der Waals surface area contributed by atoms with Gasteiger partial charge in [-0.1, -0.05) is 86.5 Å². The van der Waals surface area contributed by atoms with Crippen LogP contribution in [0.5, 0.6) is 11.5 Å². The Morgan fingerprint density at radius 3 is 1.58 bits per heavy atom. The van der Waals surface area contributed by atoms with Crippen molar-refractivity contribution in [3.05, 3.63) is 93.7 Å². The molecule has 2 aliphatic heterocycles. The number of amides is 2. The summed E-state index contributed by atoms with van der Waals surface area (Å²) >= 11 is 3.24. The maximum absolute atomic E-state index is 15.3. The number of hydrogen-bond donors (Lipinski definition) is 2. The molecule has 4 aromatic rings. The average Bonchev–Trinajstić information content (AvgIpc) is 4.05. The molecule has 0 saturated carbocycles. The van der Waals surface area contributed by atoms with E-state index in [1.54, 1.807) is 22.7 Å². The van der Waals surface area contributed by atoms with Crippen LogP contribution in [0.3, 0.4) is 0 Å². The number of benzene rings is 2. The second-order valence-corrected chi connectivity index (χ2v) is 18.5. The standard InChI is InChI=1S/C50H66N4O4S2/c1-7-13-17-33(11-5)31-53-47(42-28-26-40(59-42)35-18-22-37(23-19-35)57-30-14-8-2)45-46(49(53)55)48(54(50(45)56)32-34(12-6)39(51)15-9-3)43-29-27-41(60-43)36-20-24-38(25-21-36)58-44(52)16-10-4/h18-29,33-34,39,44H,7-17,30-32,51-52H2,1-6H3. The molecular formula is C50H66N4O4S2. The summed E-state index contributed by atoms with van der Waals surface area (Å²) in [5.74, 6) is 1.78. The molecule has 0 radical (unpaired) electrons. The number of fused-ring (bicyclic) bond motifs is 1. The quantitative estimate of drug-likeness (QED) is 0.0536. The van der Waals surface area contributed by atoms with Crippen molar-refractivity contribution in [1.29, 1.82) is 0 Å². The van der Waals surface area contributed by atoms with Gasteiger partial charge in [-0.15, -0.1) is 22.7 Å². The first-order valence-corrected chi connectivity index (χ1v) is 24.1. The summed E-state index contributed by atoms with van der Waals surface area (Å²) in [5, 5.41) is 0. The van der Waals surface area contributed by atoms with E-state index in [1.165, 1.54) is 0 Å². The molecule has 4 N–H and O–H groups in total. The van der Waals surface area contributed by atoms with E-state index in [4.69, 9.17) is 20.9 Å². The highest BCUT2D eigenvalue weighted by Gasteiger charge is 2.50. The molecule has 2 aliphatic rings. The molecule has 322 valence electrons. The van der Waals surface area contributed by atoms with Crippen LogP contribution in [0, 0.1) is 11.8 Å². The maximum atomic E-state index is 15.3. The number of nitrogens with zero attached hydrogens (tertiary/aromatic N) is 2. The summed E-state index contributed by atoms with van der Waals surface area (Å²) in [6.07, 6.45) is 10.4. The number of carbonyl (C=O) groups excluding carboxylic acids is 2. The Bertz CT molecular complexity index is 2100. The fraction of sp³-hybridized carbons (Fsp3) is 0.480. The summed E-state index contributed by atoms with van der Waals surface area (Å²) in [6.45, 7) is 14.7. The van der Waals surface area contributed by atoms with Gasteiger partial charge in [0.25, 0.3) is 11.8 Å². The van der Waals surface area contributed by atoms with E-state index in [1.807, 2.05) is 46.2 Å². The first-order valence-electron chi connectivity index (χ1n) is 22.5. The van der Waals surface area contributed by atoms with Gasteiger partial charge in [-0.2, -0.15) is 0 Å². The molecule has 0 bridgehead atoms. The minimum Gasteiger partial charge on any atom is -0.494 e. The molecule has 2 aromatic carbocycles. The van der Waals surface area contributed by atoms with Crippen LogP contribution in [0.4, 0.5) is 0 Å². The summed E-state index contributed by atoms with van der Waals surface area (Å²) in [7, 11) is 0. The number of unbranched alkanes of at least 4 members (excludes halogenated alkanes) is 2. The topological polar surface area (TPSA) is 111 Å². The lowest BCUT2D eigenvalue weighted by Gasteiger charge is -2.30. The van der Waals surface area contributed by atoms with E-state index in [0.717, 1.165) is 118 Å². The smallest absolute Gasteiger partial charge is 0.261 e. The lowest BCUT2D eigenvalue weighted by molar-refractivity contribution is -0.124. The molecule has 2 aromatic heterocycles. The Labute approximate surface area is 366 Å². The highest BCUT2D eigenvalue weighted by molar-refractivity contribution is 7.17. The minimum atomic E-state index is -0.344. The third-order valence-electron chi connectivity index (χ3n) is 11.9. The molecule has 4 atom stereocenters. The van der Waals surface area contributed by atoms with Gasteiger partial charge >= 0.3 is 0 Å². The lowest BCUT2D eigenvalue weighted by atomic mass is 9.93. The van der Waals surface area contributed by atoms with Crippen molar-refractivity contribution in [1.82, 2.24) is 9.80 Å². The summed E-state index contributed by atoms with van der Waals surface area (Å²) < 4.78 is 11.9. The van der Waals surface area contributed by atoms with Crippen molar-refractivity contribution in [3.63, 3.8) is 0 Å². The fourth-order valence-corrected chi connectivity index (χ4v) is 10.5. The van der Waals surface area contributed by atoms with Gasteiger partial charge in [-0.3, -0.25) is 15.3 Å². The summed E-state index contributed by atoms with van der Waals surface area (Å²) in [4.78, 5) is 38.3. The number of ether oxygens (including phenoxy) is 2. The van der Waals surface area contributed by atoms with E-state index in [-0.39, 0.29) is 30.0 Å². The Balaban J connectivity index is 1.45. The first kappa shape index (κ1) is 45.3. The zero-order valence-electron chi connectivity index (χ0n) is 36.6. The Morgan fingerprint density at radius 2 is 1.08 bits per heavy atom. The monoisotopic (exact) mass is 850 g/mol. The number of nitrogens with two attached hydrogens (primary N) is 2. The second kappa shape index (κ2) is 21.5. The van der Waals surface area contributed by atoms with E-state index in [2.05, 4.69) is 77.9 Å². The number of rotatable bonds is 24. The second-order valence-electron chi connectivity index (χ2n) is 16.3. The molecule has 6 rings (SSSR count). The van der Waals surface area contributed by atoms with Crippen LogP contribution in [0.2, 0.25) is 0 Å². The Hall–Kier alpha value is -4.22. The Kier molecular flexibility index (Phi) is 16.3. The largest absolute Gasteiger partial charge is 0.494 e. The zero-order chi connectivity index (χ0) is 42.8. The molecule has 8 nitrogen and oxygen atoms in total. The van der Waals surface area contributed by atoms with Crippen molar-refractivity contribution in [2.75, 3.05) is 19.7 Å². The van der Waals surface area contributed by atoms with Crippen LogP contribution >= 0.6 is 22.7 Å². The molecule has 0 spiro atoms. The van der Waals surface area contributed by atoms with Gasteiger partial charge in [-0.25, -0.2) is 0 Å². The highest BCUT2D eigenvalue weighted by Crippen LogP contribution is 2.50. The van der Waals surface area contributed by atoms with E-state index in [9.17, 15) is 0 Å². The summed E-state index contributed by atoms with van der Waals surface area (Å²) in [6, 6.07) is 24.6. The lowest BCUT2D eigenvalue weighted by Crippen LogP contribution is -2.40. The van der Waals surface area contributed by atoms with Crippen LogP contribution in [-0.4, -0.2) is 53.6 Å². The van der Waals surface area contributed by atoms with Crippen LogP contribution in [0.25, 0.3) is 32.3 Å². The van der Waals surface area contributed by atoms with Crippen LogP contribution < -0.4 is 20.9 Å². The van der Waals surface area contributed by atoms with Crippen LogP contribution in [0.15, 0.2) is 83.9 Å². The molecule has 2 amide bonds. The molecule has 0 aliphatic carbocycles. The number of hydrogen-bond acceptors (Lipinski definition) is 8. The third kappa shape index (κ3) is 10.3. The van der Waals surface area contributed by atoms with Gasteiger partial charge in [0.1, 0.15) is 17.7 Å². The summed E-state index contributed by atoms with van der Waals surface area (Å²) in [5.41, 5.74) is 17.6. The van der Waals surface area contributed by atoms with Crippen molar-refractivity contribution in [2.45, 2.75) is 124 Å². The van der Waals surface area contributed by atoms with Crippen molar-refractivity contribution in [3.8, 4) is 32.4 Å². The van der Waals surface area contributed by atoms with Gasteiger partial charge in [0.15, 0.2) is 0 Å². The van der Waals surface area contributed by atoms with Gasteiger partial charge in [0, 0.05) is 28.9 Å². The molecule has 0 saturated heterocycles. The molecule has 4 unspecified atom stereocenters. The molecule has 60 heavy (non-hydrogen) atoms. The predicted octanol–water partition coefficient (Wildman–Crippen LogP) is 12.0. The molecule has 4 heterocycles. The van der Waals surface area contributed by atoms with Crippen molar-refractivity contribution in [2.24, 2.45) is 23.3 Å². The van der Waals surface area contributed by atoms with Gasteiger partial charge in [0.2, 0.25) is 0 Å². The van der Waals surface area contributed by atoms with Gasteiger partial charge < -0.3 is 25.0 Å². The van der Waals surface area contributed by atoms with Crippen molar-refractivity contribution < 1.29 is 19.1 Å². The number of carbonyl (C=O) groups is 2. The normalized spacial score (nSPS) is 16.2. The third-order valence-corrected chi connectivity index (χ3v) is 14.2. The van der Waals surface area contributed by atoms with E-state index >= 15 is 9.59 Å². The minimum absolute atomic E-state index is 0.0580. The number of thiophene rings is 2. The average molecular weight is 851 g/mol. The molecule has 0 fully saturated rings. The van der Waals surface area contributed by atoms with E-state index in [0.29, 0.717) is 42.5 Å². The highest BCUT2D eigenvalue weighted by atomic mass is 32.1. The predicted molar refractivity (Wildman–Crippen MR) is 251 cm³/mol. The van der Waals surface area contributed by atoms with Crippen LogP contribution in [-0.2, 0) is 9.59 Å². The zero-order valence-corrected chi connectivity index (χ0v) is 38.3.